The summed E-state index contributed by atoms with van der Waals surface area (Å²) in [5.74, 6) is 0.528. The Balaban J connectivity index is 2.67. The van der Waals surface area contributed by atoms with Gasteiger partial charge in [0.1, 0.15) is 12.4 Å². The summed E-state index contributed by atoms with van der Waals surface area (Å²) in [5, 5.41) is 9.16. The predicted octanol–water partition coefficient (Wildman–Crippen LogP) is 3.19. The minimum atomic E-state index is -0.119. The van der Waals surface area contributed by atoms with E-state index in [0.717, 1.165) is 5.56 Å². The van der Waals surface area contributed by atoms with Gasteiger partial charge < -0.3 is 4.74 Å². The summed E-state index contributed by atoms with van der Waals surface area (Å²) < 4.78 is 5.42. The highest BCUT2D eigenvalue weighted by Crippen LogP contribution is 2.25. The highest BCUT2D eigenvalue weighted by Gasteiger charge is 2.04. The van der Waals surface area contributed by atoms with Crippen molar-refractivity contribution in [2.45, 2.75) is 13.8 Å². The van der Waals surface area contributed by atoms with Crippen molar-refractivity contribution in [3.05, 3.63) is 28.8 Å². The van der Waals surface area contributed by atoms with E-state index < -0.39 is 0 Å². The zero-order chi connectivity index (χ0) is 10.6. The molecule has 2 nitrogen and oxygen atoms in total. The fraction of sp³-hybridized carbons (Fsp3) is 0.364. The molecular formula is C11H12ClNO. The number of benzene rings is 1. The summed E-state index contributed by atoms with van der Waals surface area (Å²) in [6.45, 7) is 4.15. The van der Waals surface area contributed by atoms with Crippen molar-refractivity contribution < 1.29 is 4.74 Å². The van der Waals surface area contributed by atoms with E-state index in [1.807, 2.05) is 26.0 Å². The van der Waals surface area contributed by atoms with Crippen LogP contribution in [-0.4, -0.2) is 6.61 Å². The molecule has 0 saturated heterocycles. The van der Waals surface area contributed by atoms with Crippen molar-refractivity contribution in [1.82, 2.24) is 0 Å². The first-order chi connectivity index (χ1) is 6.63. The Morgan fingerprint density at radius 2 is 2.29 bits per heavy atom. The van der Waals surface area contributed by atoms with Crippen molar-refractivity contribution in [2.24, 2.45) is 5.92 Å². The molecule has 0 aromatic heterocycles. The fourth-order valence-corrected chi connectivity index (χ4v) is 1.15. The van der Waals surface area contributed by atoms with Crippen LogP contribution >= 0.6 is 11.6 Å². The Labute approximate surface area is 89.1 Å². The van der Waals surface area contributed by atoms with Crippen LogP contribution in [0.4, 0.5) is 0 Å². The molecule has 74 valence electrons. The molecule has 14 heavy (non-hydrogen) atoms. The minimum absolute atomic E-state index is 0.119. The molecule has 1 aromatic rings. The van der Waals surface area contributed by atoms with Crippen molar-refractivity contribution in [2.75, 3.05) is 6.61 Å². The van der Waals surface area contributed by atoms with Gasteiger partial charge in [-0.2, -0.15) is 5.26 Å². The topological polar surface area (TPSA) is 33.0 Å². The predicted molar refractivity (Wildman–Crippen MR) is 56.5 cm³/mol. The molecule has 1 atom stereocenters. The average molecular weight is 210 g/mol. The molecule has 3 heteroatoms. The summed E-state index contributed by atoms with van der Waals surface area (Å²) in [6.07, 6.45) is 0. The van der Waals surface area contributed by atoms with Crippen LogP contribution in [0.3, 0.4) is 0 Å². The van der Waals surface area contributed by atoms with Crippen LogP contribution in [0, 0.1) is 24.2 Å². The third-order valence-electron chi connectivity index (χ3n) is 1.80. The maximum atomic E-state index is 8.57. The van der Waals surface area contributed by atoms with Gasteiger partial charge in [0.25, 0.3) is 0 Å². The second-order valence-electron chi connectivity index (χ2n) is 3.28. The van der Waals surface area contributed by atoms with Gasteiger partial charge >= 0.3 is 0 Å². The number of hydrogen-bond donors (Lipinski definition) is 0. The molecular weight excluding hydrogens is 198 g/mol. The molecule has 0 aliphatic heterocycles. The number of hydrogen-bond acceptors (Lipinski definition) is 2. The van der Waals surface area contributed by atoms with Gasteiger partial charge in [0, 0.05) is 0 Å². The third kappa shape index (κ3) is 2.93. The quantitative estimate of drug-likeness (QED) is 0.766. The van der Waals surface area contributed by atoms with Gasteiger partial charge in [-0.3, -0.25) is 0 Å². The molecule has 1 aromatic carbocycles. The van der Waals surface area contributed by atoms with Crippen LogP contribution < -0.4 is 4.74 Å². The van der Waals surface area contributed by atoms with E-state index in [0.29, 0.717) is 17.4 Å². The van der Waals surface area contributed by atoms with E-state index in [2.05, 4.69) is 6.07 Å². The summed E-state index contributed by atoms with van der Waals surface area (Å²) in [5.41, 5.74) is 1.09. The number of rotatable bonds is 3. The zero-order valence-corrected chi connectivity index (χ0v) is 9.01. The van der Waals surface area contributed by atoms with E-state index >= 15 is 0 Å². The van der Waals surface area contributed by atoms with Crippen molar-refractivity contribution in [1.29, 1.82) is 5.26 Å². The fourth-order valence-electron chi connectivity index (χ4n) is 0.973. The monoisotopic (exact) mass is 209 g/mol. The number of nitriles is 1. The lowest BCUT2D eigenvalue weighted by atomic mass is 10.2. The SMILES string of the molecule is Cc1ccc(Cl)c(OCC(C)C#N)c1. The zero-order valence-electron chi connectivity index (χ0n) is 8.25. The van der Waals surface area contributed by atoms with E-state index in [1.54, 1.807) is 6.07 Å². The molecule has 0 amide bonds. The molecule has 0 aliphatic rings. The Morgan fingerprint density at radius 3 is 2.93 bits per heavy atom. The summed E-state index contributed by atoms with van der Waals surface area (Å²) in [7, 11) is 0. The van der Waals surface area contributed by atoms with Gasteiger partial charge in [0.2, 0.25) is 0 Å². The second kappa shape index (κ2) is 4.88. The first-order valence-corrected chi connectivity index (χ1v) is 4.80. The molecule has 1 unspecified atom stereocenters. The smallest absolute Gasteiger partial charge is 0.138 e. The maximum absolute atomic E-state index is 8.57. The molecule has 0 N–H and O–H groups in total. The summed E-state index contributed by atoms with van der Waals surface area (Å²) in [4.78, 5) is 0. The lowest BCUT2D eigenvalue weighted by Crippen LogP contribution is -2.06. The number of nitrogens with zero attached hydrogens (tertiary/aromatic N) is 1. The van der Waals surface area contributed by atoms with E-state index in [1.165, 1.54) is 0 Å². The Morgan fingerprint density at radius 1 is 1.57 bits per heavy atom. The highest BCUT2D eigenvalue weighted by atomic mass is 35.5. The molecule has 1 rings (SSSR count). The largest absolute Gasteiger partial charge is 0.491 e. The summed E-state index contributed by atoms with van der Waals surface area (Å²) in [6, 6.07) is 7.68. The molecule has 0 spiro atoms. The number of halogens is 1. The molecule has 0 aliphatic carbocycles. The van der Waals surface area contributed by atoms with Gasteiger partial charge in [0.15, 0.2) is 0 Å². The standard InChI is InChI=1S/C11H12ClNO/c1-8-3-4-10(12)11(5-8)14-7-9(2)6-13/h3-5,9H,7H2,1-2H3. The first-order valence-electron chi connectivity index (χ1n) is 4.42. The summed E-state index contributed by atoms with van der Waals surface area (Å²) >= 11 is 5.91. The van der Waals surface area contributed by atoms with Crippen LogP contribution in [0.25, 0.3) is 0 Å². The molecule has 0 fully saturated rings. The van der Waals surface area contributed by atoms with Gasteiger partial charge in [0.05, 0.1) is 17.0 Å². The van der Waals surface area contributed by atoms with Crippen molar-refractivity contribution >= 4 is 11.6 Å². The van der Waals surface area contributed by atoms with E-state index in [-0.39, 0.29) is 5.92 Å². The van der Waals surface area contributed by atoms with Gasteiger partial charge in [-0.1, -0.05) is 17.7 Å². The number of aryl methyl sites for hydroxylation is 1. The van der Waals surface area contributed by atoms with Crippen LogP contribution in [-0.2, 0) is 0 Å². The minimum Gasteiger partial charge on any atom is -0.491 e. The third-order valence-corrected chi connectivity index (χ3v) is 2.11. The van der Waals surface area contributed by atoms with Gasteiger partial charge in [-0.05, 0) is 31.5 Å². The van der Waals surface area contributed by atoms with Crippen LogP contribution in [0.5, 0.6) is 5.75 Å². The second-order valence-corrected chi connectivity index (χ2v) is 3.68. The van der Waals surface area contributed by atoms with E-state index in [9.17, 15) is 0 Å². The maximum Gasteiger partial charge on any atom is 0.138 e. The molecule has 0 radical (unpaired) electrons. The normalized spacial score (nSPS) is 11.9. The lowest BCUT2D eigenvalue weighted by Gasteiger charge is -2.09. The van der Waals surface area contributed by atoms with Crippen molar-refractivity contribution in [3.63, 3.8) is 0 Å². The van der Waals surface area contributed by atoms with Crippen molar-refractivity contribution in [3.8, 4) is 11.8 Å². The highest BCUT2D eigenvalue weighted by molar-refractivity contribution is 6.32. The van der Waals surface area contributed by atoms with Crippen LogP contribution in [0.1, 0.15) is 12.5 Å². The van der Waals surface area contributed by atoms with Crippen LogP contribution in [0.2, 0.25) is 5.02 Å². The Hall–Kier alpha value is -1.20. The number of ether oxygens (including phenoxy) is 1. The Kier molecular flexibility index (Phi) is 3.79. The Bertz CT molecular complexity index is 357. The average Bonchev–Trinajstić information content (AvgIpc) is 2.19. The molecule has 0 heterocycles. The molecule has 0 saturated carbocycles. The van der Waals surface area contributed by atoms with Gasteiger partial charge in [-0.25, -0.2) is 0 Å². The lowest BCUT2D eigenvalue weighted by molar-refractivity contribution is 0.288. The van der Waals surface area contributed by atoms with E-state index in [4.69, 9.17) is 21.6 Å². The van der Waals surface area contributed by atoms with Gasteiger partial charge in [-0.15, -0.1) is 0 Å². The molecule has 0 bridgehead atoms. The van der Waals surface area contributed by atoms with Crippen LogP contribution in [0.15, 0.2) is 18.2 Å². The first kappa shape index (κ1) is 10.9.